The molecule has 2 rings (SSSR count). The molecule has 4 N–H and O–H groups in total. The lowest BCUT2D eigenvalue weighted by molar-refractivity contribution is -0.147. The molecule has 8 heteroatoms. The topological polar surface area (TPSA) is 127 Å². The van der Waals surface area contributed by atoms with E-state index < -0.39 is 17.8 Å². The van der Waals surface area contributed by atoms with Gasteiger partial charge in [-0.15, -0.1) is 0 Å². The van der Waals surface area contributed by atoms with Crippen LogP contribution in [0.2, 0.25) is 0 Å². The Hall–Kier alpha value is -3.99. The zero-order valence-electron chi connectivity index (χ0n) is 14.5. The fourth-order valence-electron chi connectivity index (χ4n) is 2.18. The van der Waals surface area contributed by atoms with Crippen LogP contribution in [0.15, 0.2) is 36.4 Å². The van der Waals surface area contributed by atoms with Gasteiger partial charge in [-0.05, 0) is 30.3 Å². The monoisotopic (exact) mass is 368 g/mol. The third-order valence-electron chi connectivity index (χ3n) is 3.50. The van der Waals surface area contributed by atoms with E-state index in [2.05, 4.69) is 17.2 Å². The molecule has 138 valence electrons. The molecule has 0 heterocycles. The van der Waals surface area contributed by atoms with Gasteiger partial charge in [-0.2, -0.15) is 0 Å². The number of aromatic carboxylic acids is 1. The lowest BCUT2D eigenvalue weighted by atomic mass is 10.1. The number of aliphatic carboxylic acids is 1. The minimum absolute atomic E-state index is 0.253. The Labute approximate surface area is 154 Å². The van der Waals surface area contributed by atoms with Crippen molar-refractivity contribution in [3.8, 4) is 17.6 Å². The largest absolute Gasteiger partial charge is 0.507 e. The standard InChI is InChI=1S/C19H16N2O6/c1-21(2)15-10-16(22)14(18(24)25)9-12(15)6-3-11-4-7-13(8-5-11)20-17(23)19(26)27/h4-5,7-10,22H,1-2H3,(H,20,23)(H,24,25)(H,26,27). The number of hydrogen-bond donors (Lipinski definition) is 4. The number of anilines is 2. The van der Waals surface area contributed by atoms with Gasteiger partial charge in [0.05, 0.1) is 5.69 Å². The second-order valence-electron chi connectivity index (χ2n) is 5.67. The van der Waals surface area contributed by atoms with Crippen molar-refractivity contribution in [3.63, 3.8) is 0 Å². The molecule has 0 bridgehead atoms. The van der Waals surface area contributed by atoms with Crippen molar-refractivity contribution in [2.45, 2.75) is 0 Å². The van der Waals surface area contributed by atoms with Crippen molar-refractivity contribution in [2.24, 2.45) is 0 Å². The molecule has 0 radical (unpaired) electrons. The van der Waals surface area contributed by atoms with Crippen LogP contribution in [-0.4, -0.2) is 47.3 Å². The number of benzene rings is 2. The molecule has 0 spiro atoms. The van der Waals surface area contributed by atoms with Gasteiger partial charge < -0.3 is 25.5 Å². The predicted molar refractivity (Wildman–Crippen MR) is 98.1 cm³/mol. The molecule has 8 nitrogen and oxygen atoms in total. The van der Waals surface area contributed by atoms with E-state index in [9.17, 15) is 19.5 Å². The molecule has 0 saturated heterocycles. The first-order chi connectivity index (χ1) is 12.7. The fourth-order valence-corrected chi connectivity index (χ4v) is 2.18. The van der Waals surface area contributed by atoms with Gasteiger partial charge in [0.1, 0.15) is 11.3 Å². The average molecular weight is 368 g/mol. The maximum atomic E-state index is 11.2. The summed E-state index contributed by atoms with van der Waals surface area (Å²) in [5.41, 5.74) is 1.59. The molecule has 0 saturated carbocycles. The van der Waals surface area contributed by atoms with Crippen molar-refractivity contribution in [1.82, 2.24) is 0 Å². The van der Waals surface area contributed by atoms with Crippen LogP contribution in [0, 0.1) is 11.8 Å². The molecular weight excluding hydrogens is 352 g/mol. The number of carboxylic acids is 2. The molecule has 0 atom stereocenters. The Morgan fingerprint density at radius 3 is 2.15 bits per heavy atom. The molecule has 2 aromatic rings. The van der Waals surface area contributed by atoms with Crippen LogP contribution >= 0.6 is 0 Å². The van der Waals surface area contributed by atoms with E-state index in [-0.39, 0.29) is 11.3 Å². The number of hydrogen-bond acceptors (Lipinski definition) is 5. The summed E-state index contributed by atoms with van der Waals surface area (Å²) in [6, 6.07) is 8.78. The van der Waals surface area contributed by atoms with E-state index in [0.717, 1.165) is 0 Å². The summed E-state index contributed by atoms with van der Waals surface area (Å²) in [5.74, 6) is 1.38. The van der Waals surface area contributed by atoms with Crippen LogP contribution in [0.4, 0.5) is 11.4 Å². The zero-order chi connectivity index (χ0) is 20.1. The summed E-state index contributed by atoms with van der Waals surface area (Å²) >= 11 is 0. The van der Waals surface area contributed by atoms with E-state index >= 15 is 0 Å². The Bertz CT molecular complexity index is 968. The molecule has 0 aromatic heterocycles. The van der Waals surface area contributed by atoms with E-state index in [1.807, 2.05) is 0 Å². The maximum absolute atomic E-state index is 11.2. The average Bonchev–Trinajstić information content (AvgIpc) is 2.61. The second-order valence-corrected chi connectivity index (χ2v) is 5.67. The van der Waals surface area contributed by atoms with Crippen molar-refractivity contribution in [2.75, 3.05) is 24.3 Å². The van der Waals surface area contributed by atoms with Crippen molar-refractivity contribution in [1.29, 1.82) is 0 Å². The minimum Gasteiger partial charge on any atom is -0.507 e. The van der Waals surface area contributed by atoms with E-state index in [0.29, 0.717) is 22.5 Å². The number of nitrogens with zero attached hydrogens (tertiary/aromatic N) is 1. The number of aromatic hydroxyl groups is 1. The molecule has 0 fully saturated rings. The molecule has 1 amide bonds. The van der Waals surface area contributed by atoms with Gasteiger partial charge in [-0.1, -0.05) is 11.8 Å². The van der Waals surface area contributed by atoms with Gasteiger partial charge >= 0.3 is 17.8 Å². The van der Waals surface area contributed by atoms with Crippen molar-refractivity contribution < 1.29 is 29.7 Å². The summed E-state index contributed by atoms with van der Waals surface area (Å²) in [6.45, 7) is 0. The summed E-state index contributed by atoms with van der Waals surface area (Å²) < 4.78 is 0. The highest BCUT2D eigenvalue weighted by molar-refractivity contribution is 6.36. The molecule has 0 aliphatic carbocycles. The zero-order valence-corrected chi connectivity index (χ0v) is 14.5. The third-order valence-corrected chi connectivity index (χ3v) is 3.50. The number of carbonyl (C=O) groups is 3. The van der Waals surface area contributed by atoms with Gasteiger partial charge in [-0.3, -0.25) is 4.79 Å². The minimum atomic E-state index is -1.59. The molecule has 27 heavy (non-hydrogen) atoms. The lowest BCUT2D eigenvalue weighted by Gasteiger charge is -2.16. The Morgan fingerprint density at radius 2 is 1.63 bits per heavy atom. The summed E-state index contributed by atoms with van der Waals surface area (Å²) in [4.78, 5) is 34.5. The van der Waals surface area contributed by atoms with Crippen LogP contribution < -0.4 is 10.2 Å². The Morgan fingerprint density at radius 1 is 1.00 bits per heavy atom. The fraction of sp³-hybridized carbons (Fsp3) is 0.105. The summed E-state index contributed by atoms with van der Waals surface area (Å²) in [6.07, 6.45) is 0. The number of phenols is 1. The highest BCUT2D eigenvalue weighted by Gasteiger charge is 2.15. The van der Waals surface area contributed by atoms with Gasteiger partial charge in [0.2, 0.25) is 0 Å². The quantitative estimate of drug-likeness (QED) is 0.478. The normalized spacial score (nSPS) is 9.70. The van der Waals surface area contributed by atoms with Gasteiger partial charge in [0.25, 0.3) is 0 Å². The smallest absolute Gasteiger partial charge is 0.394 e. The number of amides is 1. The predicted octanol–water partition coefficient (Wildman–Crippen LogP) is 1.58. The number of carboxylic acid groups (broad SMARTS) is 2. The number of nitrogens with one attached hydrogen (secondary N) is 1. The second kappa shape index (κ2) is 7.93. The summed E-state index contributed by atoms with van der Waals surface area (Å²) in [5, 5.41) is 29.7. The highest BCUT2D eigenvalue weighted by atomic mass is 16.4. The Kier molecular flexibility index (Phi) is 5.68. The molecule has 2 aromatic carbocycles. The van der Waals surface area contributed by atoms with Crippen LogP contribution in [-0.2, 0) is 9.59 Å². The molecule has 0 aliphatic heterocycles. The maximum Gasteiger partial charge on any atom is 0.394 e. The van der Waals surface area contributed by atoms with Crippen LogP contribution in [0.25, 0.3) is 0 Å². The van der Waals surface area contributed by atoms with Gasteiger partial charge in [0, 0.05) is 37.0 Å². The number of carbonyl (C=O) groups excluding carboxylic acids is 1. The first-order valence-electron chi connectivity index (χ1n) is 7.63. The van der Waals surface area contributed by atoms with Gasteiger partial charge in [0.15, 0.2) is 0 Å². The molecule has 0 aliphatic rings. The van der Waals surface area contributed by atoms with Crippen molar-refractivity contribution >= 4 is 29.2 Å². The van der Waals surface area contributed by atoms with Crippen molar-refractivity contribution in [3.05, 3.63) is 53.1 Å². The van der Waals surface area contributed by atoms with Gasteiger partial charge in [-0.25, -0.2) is 9.59 Å². The third kappa shape index (κ3) is 4.76. The lowest BCUT2D eigenvalue weighted by Crippen LogP contribution is -2.21. The summed E-state index contributed by atoms with van der Waals surface area (Å²) in [7, 11) is 3.47. The van der Waals surface area contributed by atoms with Crippen LogP contribution in [0.1, 0.15) is 21.5 Å². The SMILES string of the molecule is CN(C)c1cc(O)c(C(=O)O)cc1C#Cc1ccc(NC(=O)C(=O)O)cc1. The van der Waals surface area contributed by atoms with E-state index in [1.54, 1.807) is 31.1 Å². The van der Waals surface area contributed by atoms with E-state index in [4.69, 9.17) is 10.2 Å². The Balaban J connectivity index is 2.34. The van der Waals surface area contributed by atoms with Crippen LogP contribution in [0.5, 0.6) is 5.75 Å². The molecular formula is C19H16N2O6. The van der Waals surface area contributed by atoms with E-state index in [1.165, 1.54) is 24.3 Å². The first-order valence-corrected chi connectivity index (χ1v) is 7.63. The molecule has 0 unspecified atom stereocenters. The first kappa shape index (κ1) is 19.3. The number of rotatable bonds is 3. The highest BCUT2D eigenvalue weighted by Crippen LogP contribution is 2.28. The van der Waals surface area contributed by atoms with Crippen LogP contribution in [0.3, 0.4) is 0 Å².